The van der Waals surface area contributed by atoms with E-state index in [0.717, 1.165) is 30.7 Å². The lowest BCUT2D eigenvalue weighted by molar-refractivity contribution is -0.188. The fraction of sp³-hybridized carbons (Fsp3) is 0.750. The number of aliphatic imine (C=N–C) groups is 1. The van der Waals surface area contributed by atoms with Crippen molar-refractivity contribution in [2.75, 3.05) is 0 Å². The predicted molar refractivity (Wildman–Crippen MR) is 62.0 cm³/mol. The summed E-state index contributed by atoms with van der Waals surface area (Å²) in [5, 5.41) is 1.01. The van der Waals surface area contributed by atoms with Crippen molar-refractivity contribution in [3.63, 3.8) is 0 Å². The van der Waals surface area contributed by atoms with Gasteiger partial charge in [-0.1, -0.05) is 26.7 Å². The summed E-state index contributed by atoms with van der Waals surface area (Å²) in [6, 6.07) is 0.0882. The topological polar surface area (TPSA) is 59.0 Å². The van der Waals surface area contributed by atoms with Crippen molar-refractivity contribution in [3.8, 4) is 0 Å². The molecule has 0 aromatic rings. The SMILES string of the molecule is CC(C)C(=O)ON1C=NC2CCCCC2C1=O. The minimum atomic E-state index is -0.404. The Bertz CT molecular complexity index is 352. The third-order valence-electron chi connectivity index (χ3n) is 3.29. The van der Waals surface area contributed by atoms with Crippen LogP contribution in [0.25, 0.3) is 0 Å². The molecule has 0 bridgehead atoms. The van der Waals surface area contributed by atoms with Crippen LogP contribution in [0.15, 0.2) is 4.99 Å². The first-order valence-electron chi connectivity index (χ1n) is 6.18. The quantitative estimate of drug-likeness (QED) is 0.733. The highest BCUT2D eigenvalue weighted by Crippen LogP contribution is 2.30. The predicted octanol–water partition coefficient (Wildman–Crippen LogP) is 1.53. The molecule has 1 heterocycles. The average molecular weight is 238 g/mol. The molecule has 17 heavy (non-hydrogen) atoms. The van der Waals surface area contributed by atoms with E-state index in [4.69, 9.17) is 4.84 Å². The van der Waals surface area contributed by atoms with E-state index in [2.05, 4.69) is 4.99 Å². The molecule has 5 nitrogen and oxygen atoms in total. The summed E-state index contributed by atoms with van der Waals surface area (Å²) in [5.41, 5.74) is 0. The molecular weight excluding hydrogens is 220 g/mol. The summed E-state index contributed by atoms with van der Waals surface area (Å²) in [6.07, 6.45) is 5.33. The molecule has 5 heteroatoms. The van der Waals surface area contributed by atoms with Crippen molar-refractivity contribution in [1.29, 1.82) is 0 Å². The van der Waals surface area contributed by atoms with Gasteiger partial charge in [-0.25, -0.2) is 4.79 Å². The molecule has 2 aliphatic rings. The fourth-order valence-electron chi connectivity index (χ4n) is 2.22. The second-order valence-electron chi connectivity index (χ2n) is 4.95. The smallest absolute Gasteiger partial charge is 0.332 e. The summed E-state index contributed by atoms with van der Waals surface area (Å²) in [4.78, 5) is 32.8. The van der Waals surface area contributed by atoms with E-state index in [0.29, 0.717) is 0 Å². The van der Waals surface area contributed by atoms with E-state index >= 15 is 0 Å². The highest BCUT2D eigenvalue weighted by Gasteiger charge is 2.38. The van der Waals surface area contributed by atoms with Gasteiger partial charge in [0.05, 0.1) is 17.9 Å². The van der Waals surface area contributed by atoms with Crippen LogP contribution in [0, 0.1) is 11.8 Å². The zero-order valence-electron chi connectivity index (χ0n) is 10.3. The van der Waals surface area contributed by atoms with E-state index in [1.165, 1.54) is 6.34 Å². The average Bonchev–Trinajstić information content (AvgIpc) is 2.33. The number of carbonyl (C=O) groups is 2. The standard InChI is InChI=1S/C12H18N2O3/c1-8(2)12(16)17-14-7-13-10-6-4-3-5-9(10)11(14)15/h7-10H,3-6H2,1-2H3. The van der Waals surface area contributed by atoms with Gasteiger partial charge >= 0.3 is 5.97 Å². The third kappa shape index (κ3) is 2.48. The van der Waals surface area contributed by atoms with Gasteiger partial charge in [-0.15, -0.1) is 5.06 Å². The number of hydrogen-bond acceptors (Lipinski definition) is 4. The molecule has 0 radical (unpaired) electrons. The molecule has 0 saturated heterocycles. The Morgan fingerprint density at radius 1 is 1.47 bits per heavy atom. The van der Waals surface area contributed by atoms with Crippen LogP contribution < -0.4 is 0 Å². The molecule has 2 atom stereocenters. The number of nitrogens with zero attached hydrogens (tertiary/aromatic N) is 2. The number of rotatable bonds is 2. The maximum absolute atomic E-state index is 12.1. The van der Waals surface area contributed by atoms with Crippen LogP contribution in [0.4, 0.5) is 0 Å². The van der Waals surface area contributed by atoms with Gasteiger partial charge in [0.15, 0.2) is 0 Å². The highest BCUT2D eigenvalue weighted by molar-refractivity contribution is 5.92. The van der Waals surface area contributed by atoms with Gasteiger partial charge in [0.25, 0.3) is 5.91 Å². The molecule has 2 rings (SSSR count). The third-order valence-corrected chi connectivity index (χ3v) is 3.29. The van der Waals surface area contributed by atoms with E-state index in [1.807, 2.05) is 0 Å². The zero-order chi connectivity index (χ0) is 12.4. The second-order valence-corrected chi connectivity index (χ2v) is 4.95. The van der Waals surface area contributed by atoms with Crippen molar-refractivity contribution in [3.05, 3.63) is 0 Å². The van der Waals surface area contributed by atoms with Crippen LogP contribution in [0.5, 0.6) is 0 Å². The van der Waals surface area contributed by atoms with Crippen LogP contribution in [0.3, 0.4) is 0 Å². The number of amides is 1. The molecule has 2 unspecified atom stereocenters. The van der Waals surface area contributed by atoms with E-state index in [1.54, 1.807) is 13.8 Å². The van der Waals surface area contributed by atoms with Gasteiger partial charge in [0.1, 0.15) is 6.34 Å². The molecule has 94 valence electrons. The normalized spacial score (nSPS) is 28.2. The van der Waals surface area contributed by atoms with Crippen LogP contribution in [-0.2, 0) is 14.4 Å². The Hall–Kier alpha value is -1.39. The van der Waals surface area contributed by atoms with Gasteiger partial charge in [-0.05, 0) is 12.8 Å². The number of hydrogen-bond donors (Lipinski definition) is 0. The Kier molecular flexibility index (Phi) is 3.45. The first-order valence-corrected chi connectivity index (χ1v) is 6.18. The van der Waals surface area contributed by atoms with Gasteiger partial charge in [0, 0.05) is 0 Å². The number of fused-ring (bicyclic) bond motifs is 1. The lowest BCUT2D eigenvalue weighted by atomic mass is 9.83. The van der Waals surface area contributed by atoms with Gasteiger partial charge in [-0.3, -0.25) is 9.79 Å². The minimum absolute atomic E-state index is 0.0882. The molecular formula is C12H18N2O3. The maximum atomic E-state index is 12.1. The molecule has 1 aliphatic heterocycles. The molecule has 1 aliphatic carbocycles. The number of carbonyl (C=O) groups excluding carboxylic acids is 2. The minimum Gasteiger partial charge on any atom is -0.332 e. The summed E-state index contributed by atoms with van der Waals surface area (Å²) < 4.78 is 0. The van der Waals surface area contributed by atoms with E-state index in [-0.39, 0.29) is 23.8 Å². The monoisotopic (exact) mass is 238 g/mol. The van der Waals surface area contributed by atoms with Crippen molar-refractivity contribution in [2.24, 2.45) is 16.8 Å². The summed E-state index contributed by atoms with van der Waals surface area (Å²) in [5.74, 6) is -0.883. The first-order chi connectivity index (χ1) is 8.09. The van der Waals surface area contributed by atoms with Crippen LogP contribution >= 0.6 is 0 Å². The molecule has 0 aromatic carbocycles. The van der Waals surface area contributed by atoms with Gasteiger partial charge < -0.3 is 4.84 Å². The highest BCUT2D eigenvalue weighted by atomic mass is 16.7. The zero-order valence-corrected chi connectivity index (χ0v) is 10.3. The van der Waals surface area contributed by atoms with Crippen molar-refractivity contribution < 1.29 is 14.4 Å². The van der Waals surface area contributed by atoms with Crippen LogP contribution in [0.1, 0.15) is 39.5 Å². The second kappa shape index (κ2) is 4.85. The molecule has 0 aromatic heterocycles. The summed E-state index contributed by atoms with van der Waals surface area (Å²) in [6.45, 7) is 3.47. The van der Waals surface area contributed by atoms with Gasteiger partial charge in [0.2, 0.25) is 0 Å². The number of hydroxylamine groups is 2. The molecule has 0 spiro atoms. The first kappa shape index (κ1) is 12.1. The Morgan fingerprint density at radius 2 is 2.18 bits per heavy atom. The Labute approximate surface area is 101 Å². The Balaban J connectivity index is 2.05. The summed E-state index contributed by atoms with van der Waals surface area (Å²) in [7, 11) is 0. The molecule has 1 amide bonds. The van der Waals surface area contributed by atoms with Crippen molar-refractivity contribution >= 4 is 18.2 Å². The summed E-state index contributed by atoms with van der Waals surface area (Å²) >= 11 is 0. The van der Waals surface area contributed by atoms with E-state index in [9.17, 15) is 9.59 Å². The molecule has 0 N–H and O–H groups in total. The maximum Gasteiger partial charge on any atom is 0.335 e. The lowest BCUT2D eigenvalue weighted by Gasteiger charge is -2.33. The van der Waals surface area contributed by atoms with Crippen molar-refractivity contribution in [1.82, 2.24) is 5.06 Å². The Morgan fingerprint density at radius 3 is 2.88 bits per heavy atom. The van der Waals surface area contributed by atoms with Crippen molar-refractivity contribution in [2.45, 2.75) is 45.6 Å². The van der Waals surface area contributed by atoms with Gasteiger partial charge in [-0.2, -0.15) is 0 Å². The van der Waals surface area contributed by atoms with E-state index < -0.39 is 5.97 Å². The molecule has 1 fully saturated rings. The fourth-order valence-corrected chi connectivity index (χ4v) is 2.22. The lowest BCUT2D eigenvalue weighted by Crippen LogP contribution is -2.46. The van der Waals surface area contributed by atoms with Crippen LogP contribution in [-0.4, -0.2) is 29.3 Å². The molecule has 1 saturated carbocycles. The van der Waals surface area contributed by atoms with Crippen LogP contribution in [0.2, 0.25) is 0 Å². The largest absolute Gasteiger partial charge is 0.335 e.